The minimum absolute atomic E-state index is 0.0109. The molecule has 0 unspecified atom stereocenters. The second-order valence-electron chi connectivity index (χ2n) is 27.5. The molecular formula is C66H102FN9O25Si. The third-order valence-electron chi connectivity index (χ3n) is 17.4. The highest BCUT2D eigenvalue weighted by molar-refractivity contribution is 6.90. The fraction of sp³-hybridized carbons (Fsp3) is 0.667. The summed E-state index contributed by atoms with van der Waals surface area (Å²) in [6.45, 7) is 8.74. The number of nitrogens with one attached hydrogen (secondary N) is 5. The molecule has 14 N–H and O–H groups in total. The summed E-state index contributed by atoms with van der Waals surface area (Å²) in [5, 5.41) is 98.2. The molecule has 0 radical (unpaired) electrons. The molecule has 1 aliphatic rings. The highest BCUT2D eigenvalue weighted by Crippen LogP contribution is 2.51. The van der Waals surface area contributed by atoms with Gasteiger partial charge < -0.3 is 76.7 Å². The van der Waals surface area contributed by atoms with Gasteiger partial charge in [-0.1, -0.05) is 60.1 Å². The molecule has 0 bridgehead atoms. The largest absolute Gasteiger partial charge is 0.481 e. The number of benzene rings is 1. The van der Waals surface area contributed by atoms with Gasteiger partial charge in [-0.25, -0.2) is 9.59 Å². The third-order valence-corrected chi connectivity index (χ3v) is 22.7. The van der Waals surface area contributed by atoms with Crippen molar-refractivity contribution in [2.75, 3.05) is 85.1 Å². The maximum absolute atomic E-state index is 17.2. The fourth-order valence-electron chi connectivity index (χ4n) is 12.0. The predicted molar refractivity (Wildman–Crippen MR) is 362 cm³/mol. The third kappa shape index (κ3) is 33.3. The summed E-state index contributed by atoms with van der Waals surface area (Å²) in [5.74, 6) is -20.1. The van der Waals surface area contributed by atoms with Crippen LogP contribution in [0.15, 0.2) is 24.3 Å². The van der Waals surface area contributed by atoms with Crippen molar-refractivity contribution in [1.82, 2.24) is 46.2 Å². The average molecular weight is 1470 g/mol. The molecule has 5 amide bonds. The van der Waals surface area contributed by atoms with Gasteiger partial charge in [0.1, 0.15) is 35.7 Å². The van der Waals surface area contributed by atoms with E-state index >= 15 is 4.11 Å². The first-order chi connectivity index (χ1) is 47.5. The lowest BCUT2D eigenvalue weighted by molar-refractivity contribution is -0.147. The van der Waals surface area contributed by atoms with E-state index in [1.807, 2.05) is 0 Å². The van der Waals surface area contributed by atoms with E-state index in [-0.39, 0.29) is 141 Å². The Kier molecular flexibility index (Phi) is 38.3. The van der Waals surface area contributed by atoms with Crippen molar-refractivity contribution < 1.29 is 127 Å². The lowest BCUT2D eigenvalue weighted by Crippen LogP contribution is -2.58. The zero-order valence-corrected chi connectivity index (χ0v) is 59.7. The summed E-state index contributed by atoms with van der Waals surface area (Å²) in [6, 6.07) is -0.401. The number of ketones is 2. The number of carbonyl (C=O) groups excluding carboxylic acids is 7. The number of carboxylic acid groups (broad SMARTS) is 9. The first-order valence-electron chi connectivity index (χ1n) is 33.7. The van der Waals surface area contributed by atoms with Crippen LogP contribution in [0.3, 0.4) is 0 Å². The van der Waals surface area contributed by atoms with E-state index in [1.54, 1.807) is 41.5 Å². The topological polar surface area (TPSA) is 528 Å². The van der Waals surface area contributed by atoms with Gasteiger partial charge in [0.25, 0.3) is 14.3 Å². The molecule has 0 aliphatic carbocycles. The van der Waals surface area contributed by atoms with Gasteiger partial charge in [-0.15, -0.1) is 0 Å². The van der Waals surface area contributed by atoms with Gasteiger partial charge in [0.05, 0.1) is 31.5 Å². The number of halogens is 1. The zero-order valence-electron chi connectivity index (χ0n) is 58.7. The number of aliphatic carboxylic acids is 9. The SMILES string of the molecule is CC(C)(C)[Si](F)(c1ccc(C(=O)N[C@@H](CNC(=O)CC[C@@H](C(=O)O)N2CCN(CC(=O)O)CCN(CC(=O)O)CCN(CC(=O)O)CC2)C(=O)N[C@@H](CCCCNC(=O)CCC(=O)CCCC[C@H](NC(=O)CC[C@H](CC(=O)C[C@@H](CCC(=O)O)C(=O)O)C(=O)O)C(=O)O)C(=O)O)cc1)C(C)(C)C. The first kappa shape index (κ1) is 89.2. The second-order valence-corrected chi connectivity index (χ2v) is 32.4. The Bertz CT molecular complexity index is 3040. The summed E-state index contributed by atoms with van der Waals surface area (Å²) < 4.78 is 17.2. The summed E-state index contributed by atoms with van der Waals surface area (Å²) >= 11 is 0. The van der Waals surface area contributed by atoms with Crippen LogP contribution in [0.25, 0.3) is 0 Å². The Hall–Kier alpha value is -8.87. The number of carbonyl (C=O) groups is 16. The summed E-state index contributed by atoms with van der Waals surface area (Å²) in [4.78, 5) is 205. The van der Waals surface area contributed by atoms with Crippen LogP contribution in [0.4, 0.5) is 4.11 Å². The van der Waals surface area contributed by atoms with Crippen molar-refractivity contribution >= 4 is 108 Å². The molecule has 102 heavy (non-hydrogen) atoms. The van der Waals surface area contributed by atoms with Crippen LogP contribution in [0.1, 0.15) is 161 Å². The number of Topliss-reactive ketones (excluding diaryl/α,β-unsaturated/α-hetero) is 2. The van der Waals surface area contributed by atoms with Gasteiger partial charge in [0, 0.05) is 122 Å². The second kappa shape index (κ2) is 43.8. The molecule has 1 aliphatic heterocycles. The Morgan fingerprint density at radius 1 is 0.431 bits per heavy atom. The minimum Gasteiger partial charge on any atom is -0.481 e. The van der Waals surface area contributed by atoms with Crippen molar-refractivity contribution in [3.05, 3.63) is 29.8 Å². The smallest absolute Gasteiger partial charge is 0.326 e. The lowest BCUT2D eigenvalue weighted by atomic mass is 9.90. The number of nitrogens with zero attached hydrogens (tertiary/aromatic N) is 4. The van der Waals surface area contributed by atoms with E-state index in [0.717, 1.165) is 0 Å². The summed E-state index contributed by atoms with van der Waals surface area (Å²) in [7, 11) is -3.81. The molecule has 0 spiro atoms. The van der Waals surface area contributed by atoms with Crippen molar-refractivity contribution in [2.45, 2.75) is 185 Å². The molecule has 1 saturated heterocycles. The number of hydrogen-bond donors (Lipinski definition) is 14. The van der Waals surface area contributed by atoms with Crippen LogP contribution < -0.4 is 31.8 Å². The number of rotatable bonds is 46. The minimum atomic E-state index is -3.81. The van der Waals surface area contributed by atoms with E-state index in [4.69, 9.17) is 5.11 Å². The van der Waals surface area contributed by atoms with Gasteiger partial charge >= 0.3 is 53.7 Å². The monoisotopic (exact) mass is 1470 g/mol. The Balaban J connectivity index is 2.13. The van der Waals surface area contributed by atoms with Crippen molar-refractivity contribution in [2.24, 2.45) is 11.8 Å². The van der Waals surface area contributed by atoms with Crippen LogP contribution in [0, 0.1) is 11.8 Å². The average Bonchev–Trinajstić information content (AvgIpc) is 0.748. The normalized spacial score (nSPS) is 15.8. The molecule has 36 heteroatoms. The molecule has 2 rings (SSSR count). The van der Waals surface area contributed by atoms with Crippen molar-refractivity contribution in [3.63, 3.8) is 0 Å². The van der Waals surface area contributed by atoms with Gasteiger partial charge in [-0.3, -0.25) is 86.7 Å². The standard InChI is InChI=1S/C66H102FN9O25Si/c1-65(2,3)102(67,66(4,5)6)46-19-14-41(15-20-46)58(90)72-49(37-69-52(80)24-21-50(64(100)101)76-33-31-74(39-56(86)87)29-27-73(38-55(84)85)28-30-75(32-34-76)40-57(88)89)59(91)71-48(63(98)99)13-9-10-26-68-51(79)23-18-44(77)11-7-8-12-47(62(96)97)70-53(81)22-16-42(60(92)93)35-45(78)36-43(61(94)95)17-25-54(82)83/h14-15,19-20,42-43,47-50H,7-13,16-18,21-40H2,1-6H3,(H,68,79)(H,69,80)(H,70,81)(H,71,91)(H,72,90)(H,82,83)(H,84,85)(H,86,87)(H,88,89)(H,92,93)(H,94,95)(H,96,97)(H,98,99)(H,100,101)/t42-,43-,47+,48+,49+,50+/m1/s1. The first-order valence-corrected chi connectivity index (χ1v) is 35.6. The van der Waals surface area contributed by atoms with Crippen LogP contribution >= 0.6 is 0 Å². The predicted octanol–water partition coefficient (Wildman–Crippen LogP) is 1.06. The maximum atomic E-state index is 17.2. The fourth-order valence-corrected chi connectivity index (χ4v) is 16.6. The number of amides is 5. The van der Waals surface area contributed by atoms with Crippen LogP contribution in [-0.2, 0) is 71.9 Å². The van der Waals surface area contributed by atoms with Crippen molar-refractivity contribution in [3.8, 4) is 0 Å². The van der Waals surface area contributed by atoms with Crippen LogP contribution in [-0.4, -0.2) is 278 Å². The summed E-state index contributed by atoms with van der Waals surface area (Å²) in [6.07, 6.45) is -4.24. The highest BCUT2D eigenvalue weighted by atomic mass is 28.4. The number of hydrogen-bond acceptors (Lipinski definition) is 20. The van der Waals surface area contributed by atoms with Crippen LogP contribution in [0.5, 0.6) is 0 Å². The molecule has 572 valence electrons. The number of unbranched alkanes of at least 4 members (excludes halogenated alkanes) is 2. The van der Waals surface area contributed by atoms with Gasteiger partial charge in [-0.05, 0) is 78.8 Å². The maximum Gasteiger partial charge on any atom is 0.326 e. The van der Waals surface area contributed by atoms with E-state index in [2.05, 4.69) is 26.6 Å². The molecule has 34 nitrogen and oxygen atoms in total. The van der Waals surface area contributed by atoms with E-state index in [9.17, 15) is 118 Å². The Morgan fingerprint density at radius 2 is 0.873 bits per heavy atom. The molecule has 6 atom stereocenters. The highest BCUT2D eigenvalue weighted by Gasteiger charge is 2.56. The lowest BCUT2D eigenvalue weighted by Gasteiger charge is -2.44. The molecule has 1 aromatic rings. The van der Waals surface area contributed by atoms with E-state index in [0.29, 0.717) is 5.19 Å². The van der Waals surface area contributed by atoms with E-state index in [1.165, 1.54) is 43.9 Å². The van der Waals surface area contributed by atoms with E-state index < -0.39 is 208 Å². The van der Waals surface area contributed by atoms with Gasteiger partial charge in [0.15, 0.2) is 0 Å². The molecule has 1 heterocycles. The molecule has 1 aromatic carbocycles. The summed E-state index contributed by atoms with van der Waals surface area (Å²) in [5.41, 5.74) is -0.0282. The molecule has 0 aromatic heterocycles. The Morgan fingerprint density at radius 3 is 1.31 bits per heavy atom. The van der Waals surface area contributed by atoms with Crippen LogP contribution in [0.2, 0.25) is 10.1 Å². The molecular weight excluding hydrogens is 1370 g/mol. The van der Waals surface area contributed by atoms with Gasteiger partial charge in [0.2, 0.25) is 23.6 Å². The Labute approximate surface area is 591 Å². The zero-order chi connectivity index (χ0) is 77.2. The molecule has 1 fully saturated rings. The van der Waals surface area contributed by atoms with Gasteiger partial charge in [-0.2, -0.15) is 0 Å². The quantitative estimate of drug-likeness (QED) is 0.0246. The number of carboxylic acids is 9. The van der Waals surface area contributed by atoms with Crippen molar-refractivity contribution in [1.29, 1.82) is 0 Å². The molecule has 0 saturated carbocycles.